The molecule has 18 heavy (non-hydrogen) atoms. The fraction of sp³-hybridized carbons (Fsp3) is 0.417. The summed E-state index contributed by atoms with van der Waals surface area (Å²) in [5, 5.41) is 18.7. The highest BCUT2D eigenvalue weighted by molar-refractivity contribution is 6.29. The lowest BCUT2D eigenvalue weighted by Gasteiger charge is -2.35. The van der Waals surface area contributed by atoms with Crippen molar-refractivity contribution in [3.05, 3.63) is 29.0 Å². The van der Waals surface area contributed by atoms with E-state index in [-0.39, 0.29) is 0 Å². The SMILES string of the molecule is N#CC1(c2cccc(Cl)n2)CCN(C(=O)O)CC1. The van der Waals surface area contributed by atoms with Crippen molar-refractivity contribution < 1.29 is 9.90 Å². The van der Waals surface area contributed by atoms with Crippen molar-refractivity contribution in [3.63, 3.8) is 0 Å². The Balaban J connectivity index is 2.25. The number of carbonyl (C=O) groups is 1. The van der Waals surface area contributed by atoms with Crippen molar-refractivity contribution in [2.45, 2.75) is 18.3 Å². The molecule has 1 aromatic rings. The van der Waals surface area contributed by atoms with Gasteiger partial charge in [0.1, 0.15) is 10.6 Å². The van der Waals surface area contributed by atoms with E-state index in [1.165, 1.54) is 4.90 Å². The molecule has 5 nitrogen and oxygen atoms in total. The van der Waals surface area contributed by atoms with Gasteiger partial charge in [0.05, 0.1) is 11.8 Å². The van der Waals surface area contributed by atoms with Gasteiger partial charge in [-0.3, -0.25) is 0 Å². The van der Waals surface area contributed by atoms with E-state index in [0.717, 1.165) is 0 Å². The Morgan fingerprint density at radius 3 is 2.67 bits per heavy atom. The van der Waals surface area contributed by atoms with Gasteiger partial charge in [0, 0.05) is 13.1 Å². The van der Waals surface area contributed by atoms with Crippen molar-refractivity contribution in [1.29, 1.82) is 5.26 Å². The fourth-order valence-corrected chi connectivity index (χ4v) is 2.34. The first kappa shape index (κ1) is 12.7. The van der Waals surface area contributed by atoms with Gasteiger partial charge < -0.3 is 10.0 Å². The largest absolute Gasteiger partial charge is 0.465 e. The first-order chi connectivity index (χ1) is 8.57. The van der Waals surface area contributed by atoms with Crippen LogP contribution >= 0.6 is 11.6 Å². The van der Waals surface area contributed by atoms with Gasteiger partial charge in [0.2, 0.25) is 0 Å². The average molecular weight is 266 g/mol. The third-order valence-electron chi connectivity index (χ3n) is 3.31. The number of aromatic nitrogens is 1. The summed E-state index contributed by atoms with van der Waals surface area (Å²) in [4.78, 5) is 16.4. The Morgan fingerprint density at radius 2 is 2.17 bits per heavy atom. The van der Waals surface area contributed by atoms with Crippen LogP contribution in [0.5, 0.6) is 0 Å². The van der Waals surface area contributed by atoms with Crippen LogP contribution in [-0.2, 0) is 5.41 Å². The lowest BCUT2D eigenvalue weighted by atomic mass is 9.77. The summed E-state index contributed by atoms with van der Waals surface area (Å²) in [6.07, 6.45) is -0.0488. The van der Waals surface area contributed by atoms with Crippen LogP contribution in [0.3, 0.4) is 0 Å². The molecule has 0 aromatic carbocycles. The van der Waals surface area contributed by atoms with Crippen LogP contribution in [0.1, 0.15) is 18.5 Å². The van der Waals surface area contributed by atoms with Crippen LogP contribution in [0.15, 0.2) is 18.2 Å². The summed E-state index contributed by atoms with van der Waals surface area (Å²) in [5.74, 6) is 0. The average Bonchev–Trinajstić information content (AvgIpc) is 2.38. The molecular formula is C12H12ClN3O2. The van der Waals surface area contributed by atoms with E-state index in [1.54, 1.807) is 18.2 Å². The second kappa shape index (κ2) is 4.83. The van der Waals surface area contributed by atoms with Crippen LogP contribution in [-0.4, -0.2) is 34.2 Å². The summed E-state index contributed by atoms with van der Waals surface area (Å²) in [7, 11) is 0. The number of hydrogen-bond acceptors (Lipinski definition) is 3. The van der Waals surface area contributed by atoms with E-state index in [4.69, 9.17) is 16.7 Å². The summed E-state index contributed by atoms with van der Waals surface area (Å²) < 4.78 is 0. The highest BCUT2D eigenvalue weighted by Gasteiger charge is 2.39. The number of piperidine rings is 1. The maximum absolute atomic E-state index is 10.9. The molecule has 0 saturated carbocycles. The highest BCUT2D eigenvalue weighted by atomic mass is 35.5. The van der Waals surface area contributed by atoms with Crippen molar-refractivity contribution >= 4 is 17.7 Å². The van der Waals surface area contributed by atoms with Crippen LogP contribution < -0.4 is 0 Å². The highest BCUT2D eigenvalue weighted by Crippen LogP contribution is 2.34. The smallest absolute Gasteiger partial charge is 0.407 e. The number of hydrogen-bond donors (Lipinski definition) is 1. The first-order valence-corrected chi connectivity index (χ1v) is 5.97. The molecule has 2 heterocycles. The molecule has 1 aliphatic heterocycles. The summed E-state index contributed by atoms with van der Waals surface area (Å²) >= 11 is 5.84. The predicted molar refractivity (Wildman–Crippen MR) is 65.4 cm³/mol. The van der Waals surface area contributed by atoms with Gasteiger partial charge in [-0.1, -0.05) is 17.7 Å². The molecule has 0 atom stereocenters. The van der Waals surface area contributed by atoms with Gasteiger partial charge in [-0.05, 0) is 25.0 Å². The maximum Gasteiger partial charge on any atom is 0.407 e. The van der Waals surface area contributed by atoms with E-state index in [1.807, 2.05) is 0 Å². The summed E-state index contributed by atoms with van der Waals surface area (Å²) in [5.41, 5.74) is -0.0980. The number of nitrogens with zero attached hydrogens (tertiary/aromatic N) is 3. The second-order valence-electron chi connectivity index (χ2n) is 4.31. The quantitative estimate of drug-likeness (QED) is 0.790. The fourth-order valence-electron chi connectivity index (χ4n) is 2.18. The zero-order chi connectivity index (χ0) is 13.2. The zero-order valence-corrected chi connectivity index (χ0v) is 10.4. The molecule has 1 amide bonds. The minimum absolute atomic E-state index is 0.344. The maximum atomic E-state index is 10.9. The molecule has 0 radical (unpaired) electrons. The third kappa shape index (κ3) is 2.24. The summed E-state index contributed by atoms with van der Waals surface area (Å²) in [6.45, 7) is 0.689. The zero-order valence-electron chi connectivity index (χ0n) is 9.64. The minimum Gasteiger partial charge on any atom is -0.465 e. The summed E-state index contributed by atoms with van der Waals surface area (Å²) in [6, 6.07) is 7.46. The number of pyridine rings is 1. The van der Waals surface area contributed by atoms with Crippen molar-refractivity contribution in [2.24, 2.45) is 0 Å². The van der Waals surface area contributed by atoms with Crippen LogP contribution in [0.25, 0.3) is 0 Å². The van der Waals surface area contributed by atoms with E-state index >= 15 is 0 Å². The van der Waals surface area contributed by atoms with Gasteiger partial charge in [0.15, 0.2) is 0 Å². The van der Waals surface area contributed by atoms with Crippen molar-refractivity contribution in [2.75, 3.05) is 13.1 Å². The molecule has 1 N–H and O–H groups in total. The van der Waals surface area contributed by atoms with Crippen LogP contribution in [0.4, 0.5) is 4.79 Å². The van der Waals surface area contributed by atoms with Gasteiger partial charge in [0.25, 0.3) is 0 Å². The van der Waals surface area contributed by atoms with Gasteiger partial charge in [-0.15, -0.1) is 0 Å². The molecule has 6 heteroatoms. The number of rotatable bonds is 1. The normalized spacial score (nSPS) is 18.1. The molecule has 0 aliphatic carbocycles. The van der Waals surface area contributed by atoms with Gasteiger partial charge in [-0.2, -0.15) is 5.26 Å². The van der Waals surface area contributed by atoms with Gasteiger partial charge >= 0.3 is 6.09 Å². The lowest BCUT2D eigenvalue weighted by molar-refractivity contribution is 0.124. The molecule has 1 saturated heterocycles. The van der Waals surface area contributed by atoms with Gasteiger partial charge in [-0.25, -0.2) is 9.78 Å². The molecule has 2 rings (SSSR count). The standard InChI is InChI=1S/C12H12ClN3O2/c13-10-3-1-2-9(15-10)12(8-14)4-6-16(7-5-12)11(17)18/h1-3H,4-7H2,(H,17,18). The minimum atomic E-state index is -0.944. The number of amides is 1. The van der Waals surface area contributed by atoms with E-state index in [9.17, 15) is 10.1 Å². The van der Waals surface area contributed by atoms with E-state index < -0.39 is 11.5 Å². The number of halogens is 1. The Morgan fingerprint density at radius 1 is 1.50 bits per heavy atom. The Bertz CT molecular complexity index is 504. The van der Waals surface area contributed by atoms with Crippen LogP contribution in [0.2, 0.25) is 5.15 Å². The third-order valence-corrected chi connectivity index (χ3v) is 3.52. The van der Waals surface area contributed by atoms with E-state index in [2.05, 4.69) is 11.1 Å². The molecule has 0 spiro atoms. The first-order valence-electron chi connectivity index (χ1n) is 5.59. The molecule has 0 unspecified atom stereocenters. The van der Waals surface area contributed by atoms with E-state index in [0.29, 0.717) is 36.8 Å². The molecule has 94 valence electrons. The molecule has 1 aliphatic rings. The van der Waals surface area contributed by atoms with Crippen molar-refractivity contribution in [1.82, 2.24) is 9.88 Å². The van der Waals surface area contributed by atoms with Crippen molar-refractivity contribution in [3.8, 4) is 6.07 Å². The Kier molecular flexibility index (Phi) is 3.39. The Labute approximate surface area is 110 Å². The predicted octanol–water partition coefficient (Wildman–Crippen LogP) is 2.27. The molecule has 0 bridgehead atoms. The molecular weight excluding hydrogens is 254 g/mol. The number of nitriles is 1. The lowest BCUT2D eigenvalue weighted by Crippen LogP contribution is -2.44. The second-order valence-corrected chi connectivity index (χ2v) is 4.70. The molecule has 1 aromatic heterocycles. The monoisotopic (exact) mass is 265 g/mol. The topological polar surface area (TPSA) is 77.2 Å². The number of likely N-dealkylation sites (tertiary alicyclic amines) is 1. The molecule has 1 fully saturated rings. The van der Waals surface area contributed by atoms with Crippen LogP contribution in [0, 0.1) is 11.3 Å². The number of carboxylic acid groups (broad SMARTS) is 1. The Hall–Kier alpha value is -1.80.